The van der Waals surface area contributed by atoms with Gasteiger partial charge in [0, 0.05) is 43.2 Å². The van der Waals surface area contributed by atoms with Crippen LogP contribution in [0.2, 0.25) is 0 Å². The molecule has 1 aromatic heterocycles. The van der Waals surface area contributed by atoms with Crippen molar-refractivity contribution in [3.05, 3.63) is 65.5 Å². The van der Waals surface area contributed by atoms with Gasteiger partial charge in [-0.2, -0.15) is 0 Å². The predicted octanol–water partition coefficient (Wildman–Crippen LogP) is 2.52. The predicted molar refractivity (Wildman–Crippen MR) is 91.8 cm³/mol. The van der Waals surface area contributed by atoms with Crippen molar-refractivity contribution in [2.24, 2.45) is 0 Å². The van der Waals surface area contributed by atoms with E-state index in [1.54, 1.807) is 24.5 Å². The number of hydrogen-bond acceptors (Lipinski definition) is 5. The quantitative estimate of drug-likeness (QED) is 0.676. The van der Waals surface area contributed by atoms with Gasteiger partial charge in [0.2, 0.25) is 0 Å². The molecule has 5 heteroatoms. The highest BCUT2D eigenvalue weighted by Crippen LogP contribution is 2.21. The number of carbonyl (C=O) groups is 1. The van der Waals surface area contributed by atoms with E-state index in [9.17, 15) is 9.90 Å². The zero-order valence-electron chi connectivity index (χ0n) is 13.4. The third-order valence-corrected chi connectivity index (χ3v) is 4.00. The van der Waals surface area contributed by atoms with Crippen molar-refractivity contribution in [2.75, 3.05) is 26.3 Å². The standard InChI is InChI=1S/C19H20N2O3/c22-18(4-1-15-5-7-20-8-6-15)16-2-3-17(19(23)13-16)14-21-9-11-24-12-10-21/h1-8,13,23H,9-12,14H2/b4-1+. The number of aromatic hydroxyl groups is 1. The summed E-state index contributed by atoms with van der Waals surface area (Å²) in [7, 11) is 0. The molecule has 24 heavy (non-hydrogen) atoms. The fourth-order valence-corrected chi connectivity index (χ4v) is 2.59. The molecule has 0 amide bonds. The van der Waals surface area contributed by atoms with Crippen LogP contribution < -0.4 is 0 Å². The van der Waals surface area contributed by atoms with Crippen LogP contribution in [0.25, 0.3) is 6.08 Å². The molecule has 0 unspecified atom stereocenters. The number of hydrogen-bond donors (Lipinski definition) is 1. The van der Waals surface area contributed by atoms with Gasteiger partial charge in [-0.25, -0.2) is 0 Å². The third kappa shape index (κ3) is 4.28. The summed E-state index contributed by atoms with van der Waals surface area (Å²) >= 11 is 0. The first-order chi connectivity index (χ1) is 11.7. The molecule has 1 N–H and O–H groups in total. The highest BCUT2D eigenvalue weighted by Gasteiger charge is 2.14. The number of morpholine rings is 1. The Hall–Kier alpha value is -2.50. The molecule has 0 aliphatic carbocycles. The fourth-order valence-electron chi connectivity index (χ4n) is 2.59. The van der Waals surface area contributed by atoms with Crippen molar-refractivity contribution < 1.29 is 14.6 Å². The summed E-state index contributed by atoms with van der Waals surface area (Å²) < 4.78 is 5.32. The number of phenols is 1. The van der Waals surface area contributed by atoms with E-state index in [1.807, 2.05) is 18.2 Å². The van der Waals surface area contributed by atoms with E-state index in [1.165, 1.54) is 12.1 Å². The Morgan fingerprint density at radius 1 is 1.21 bits per heavy atom. The molecule has 124 valence electrons. The van der Waals surface area contributed by atoms with E-state index in [0.29, 0.717) is 12.1 Å². The largest absolute Gasteiger partial charge is 0.508 e. The van der Waals surface area contributed by atoms with Gasteiger partial charge in [-0.3, -0.25) is 14.7 Å². The first kappa shape index (κ1) is 16.4. The molecule has 2 heterocycles. The normalized spacial score (nSPS) is 15.7. The van der Waals surface area contributed by atoms with Crippen LogP contribution in [0.3, 0.4) is 0 Å². The maximum Gasteiger partial charge on any atom is 0.185 e. The number of carbonyl (C=O) groups excluding carboxylic acids is 1. The number of pyridine rings is 1. The van der Waals surface area contributed by atoms with Gasteiger partial charge in [0.1, 0.15) is 5.75 Å². The lowest BCUT2D eigenvalue weighted by Crippen LogP contribution is -2.35. The molecule has 1 aliphatic heterocycles. The average molecular weight is 324 g/mol. The lowest BCUT2D eigenvalue weighted by molar-refractivity contribution is 0.0339. The molecule has 0 spiro atoms. The Labute approximate surface area is 141 Å². The van der Waals surface area contributed by atoms with Gasteiger partial charge in [0.15, 0.2) is 5.78 Å². The summed E-state index contributed by atoms with van der Waals surface area (Å²) in [5.74, 6) is 0.0182. The van der Waals surface area contributed by atoms with Gasteiger partial charge in [-0.1, -0.05) is 18.2 Å². The number of ether oxygens (including phenoxy) is 1. The van der Waals surface area contributed by atoms with E-state index >= 15 is 0 Å². The molecule has 0 radical (unpaired) electrons. The van der Waals surface area contributed by atoms with Crippen molar-refractivity contribution in [1.82, 2.24) is 9.88 Å². The molecule has 0 bridgehead atoms. The van der Waals surface area contributed by atoms with Gasteiger partial charge in [-0.05, 0) is 29.8 Å². The summed E-state index contributed by atoms with van der Waals surface area (Å²) in [6.07, 6.45) is 6.60. The molecule has 1 aliphatic rings. The number of ketones is 1. The van der Waals surface area contributed by atoms with Crippen molar-refractivity contribution in [2.45, 2.75) is 6.54 Å². The van der Waals surface area contributed by atoms with E-state index in [2.05, 4.69) is 9.88 Å². The molecule has 5 nitrogen and oxygen atoms in total. The molecular weight excluding hydrogens is 304 g/mol. The van der Waals surface area contributed by atoms with E-state index < -0.39 is 0 Å². The van der Waals surface area contributed by atoms with Crippen LogP contribution >= 0.6 is 0 Å². The fraction of sp³-hybridized carbons (Fsp3) is 0.263. The third-order valence-electron chi connectivity index (χ3n) is 4.00. The number of phenolic OH excluding ortho intramolecular Hbond substituents is 1. The number of nitrogens with zero attached hydrogens (tertiary/aromatic N) is 2. The summed E-state index contributed by atoms with van der Waals surface area (Å²) in [6.45, 7) is 3.81. The van der Waals surface area contributed by atoms with E-state index in [4.69, 9.17) is 4.74 Å². The highest BCUT2D eigenvalue weighted by atomic mass is 16.5. The molecule has 1 aromatic carbocycles. The highest BCUT2D eigenvalue weighted by molar-refractivity contribution is 6.07. The maximum atomic E-state index is 12.2. The Bertz CT molecular complexity index is 723. The SMILES string of the molecule is O=C(/C=C/c1ccncc1)c1ccc(CN2CCOCC2)c(O)c1. The Morgan fingerprint density at radius 2 is 1.96 bits per heavy atom. The van der Waals surface area contributed by atoms with Gasteiger partial charge < -0.3 is 9.84 Å². The number of aromatic nitrogens is 1. The van der Waals surface area contributed by atoms with E-state index in [0.717, 1.165) is 37.4 Å². The second-order valence-corrected chi connectivity index (χ2v) is 5.71. The van der Waals surface area contributed by atoms with Crippen LogP contribution in [0.4, 0.5) is 0 Å². The lowest BCUT2D eigenvalue weighted by Gasteiger charge is -2.26. The minimum Gasteiger partial charge on any atom is -0.508 e. The van der Waals surface area contributed by atoms with Crippen LogP contribution in [0.5, 0.6) is 5.75 Å². The molecule has 0 atom stereocenters. The summed E-state index contributed by atoms with van der Waals surface area (Å²) in [5, 5.41) is 10.2. The number of benzene rings is 1. The molecule has 3 rings (SSSR count). The summed E-state index contributed by atoms with van der Waals surface area (Å²) in [5.41, 5.74) is 2.21. The summed E-state index contributed by atoms with van der Waals surface area (Å²) in [6, 6.07) is 8.77. The minimum absolute atomic E-state index is 0.139. The number of rotatable bonds is 5. The van der Waals surface area contributed by atoms with Gasteiger partial charge >= 0.3 is 0 Å². The van der Waals surface area contributed by atoms with Crippen molar-refractivity contribution >= 4 is 11.9 Å². The van der Waals surface area contributed by atoms with Crippen LogP contribution in [0.15, 0.2) is 48.8 Å². The molecule has 2 aromatic rings. The Kier molecular flexibility index (Phi) is 5.36. The van der Waals surface area contributed by atoms with Gasteiger partial charge in [-0.15, -0.1) is 0 Å². The Balaban J connectivity index is 1.67. The van der Waals surface area contributed by atoms with Crippen molar-refractivity contribution in [3.63, 3.8) is 0 Å². The Morgan fingerprint density at radius 3 is 2.67 bits per heavy atom. The topological polar surface area (TPSA) is 62.7 Å². The maximum absolute atomic E-state index is 12.2. The second kappa shape index (κ2) is 7.86. The molecule has 0 saturated carbocycles. The molecule has 1 saturated heterocycles. The monoisotopic (exact) mass is 324 g/mol. The van der Waals surface area contributed by atoms with Crippen LogP contribution in [0.1, 0.15) is 21.5 Å². The lowest BCUT2D eigenvalue weighted by atomic mass is 10.1. The molecule has 1 fully saturated rings. The zero-order valence-corrected chi connectivity index (χ0v) is 13.4. The van der Waals surface area contributed by atoms with E-state index in [-0.39, 0.29) is 11.5 Å². The molecular formula is C19H20N2O3. The van der Waals surface area contributed by atoms with Crippen molar-refractivity contribution in [1.29, 1.82) is 0 Å². The van der Waals surface area contributed by atoms with Crippen LogP contribution in [0, 0.1) is 0 Å². The van der Waals surface area contributed by atoms with Gasteiger partial charge in [0.25, 0.3) is 0 Å². The average Bonchev–Trinajstić information content (AvgIpc) is 2.63. The smallest absolute Gasteiger partial charge is 0.185 e. The summed E-state index contributed by atoms with van der Waals surface area (Å²) in [4.78, 5) is 18.4. The second-order valence-electron chi connectivity index (χ2n) is 5.71. The number of allylic oxidation sites excluding steroid dienone is 1. The van der Waals surface area contributed by atoms with Crippen LogP contribution in [-0.2, 0) is 11.3 Å². The zero-order chi connectivity index (χ0) is 16.8. The first-order valence-corrected chi connectivity index (χ1v) is 7.97. The van der Waals surface area contributed by atoms with Crippen LogP contribution in [-0.4, -0.2) is 47.1 Å². The minimum atomic E-state index is -0.139. The van der Waals surface area contributed by atoms with Crippen molar-refractivity contribution in [3.8, 4) is 5.75 Å². The first-order valence-electron chi connectivity index (χ1n) is 7.97. The van der Waals surface area contributed by atoms with Gasteiger partial charge in [0.05, 0.1) is 13.2 Å².